The van der Waals surface area contributed by atoms with Crippen molar-refractivity contribution >= 4 is 40.6 Å². The van der Waals surface area contributed by atoms with Gasteiger partial charge in [-0.3, -0.25) is 4.79 Å². The maximum absolute atomic E-state index is 12.9. The van der Waals surface area contributed by atoms with Gasteiger partial charge in [0, 0.05) is 29.1 Å². The summed E-state index contributed by atoms with van der Waals surface area (Å²) in [6.45, 7) is 7.31. The minimum atomic E-state index is 0.00780. The largest absolute Gasteiger partial charge is 0.362 e. The second kappa shape index (κ2) is 12.0. The molecule has 0 aromatic heterocycles. The molecule has 3 aromatic rings. The van der Waals surface area contributed by atoms with Crippen LogP contribution in [0.4, 0.5) is 5.69 Å². The van der Waals surface area contributed by atoms with E-state index in [2.05, 4.69) is 55.7 Å². The van der Waals surface area contributed by atoms with Crippen LogP contribution in [-0.2, 0) is 11.2 Å². The first-order valence-corrected chi connectivity index (χ1v) is 12.8. The van der Waals surface area contributed by atoms with Crippen LogP contribution in [-0.4, -0.2) is 23.2 Å². The van der Waals surface area contributed by atoms with Crippen molar-refractivity contribution in [1.29, 1.82) is 0 Å². The second-order valence-electron chi connectivity index (χ2n) is 9.01. The zero-order valence-corrected chi connectivity index (χ0v) is 21.2. The van der Waals surface area contributed by atoms with Gasteiger partial charge in [0.05, 0.1) is 0 Å². The van der Waals surface area contributed by atoms with Crippen LogP contribution < -0.4 is 10.6 Å². The lowest BCUT2D eigenvalue weighted by Gasteiger charge is -2.19. The van der Waals surface area contributed by atoms with Gasteiger partial charge in [0.25, 0.3) is 0 Å². The van der Waals surface area contributed by atoms with Crippen molar-refractivity contribution in [2.75, 3.05) is 17.6 Å². The summed E-state index contributed by atoms with van der Waals surface area (Å²) in [5.74, 6) is 2.11. The molecule has 33 heavy (non-hydrogen) atoms. The highest BCUT2D eigenvalue weighted by Gasteiger charge is 2.15. The zero-order chi connectivity index (χ0) is 23.7. The topological polar surface area (TPSA) is 41.1 Å². The standard InChI is InChI=1S/C28H32N2OS2/c1-28(2,3)24-15-13-22(14-16-24)26(31)23-11-7-12-25(19-23)30-27(32)29-17-8-18-33-20-21-9-5-4-6-10-21/h4-7,9-16,19H,8,17-18,20H2,1-3H3,(H2,29,30,32). The number of hydrogen-bond donors (Lipinski definition) is 2. The zero-order valence-electron chi connectivity index (χ0n) is 19.6. The number of thioether (sulfide) groups is 1. The molecule has 0 aliphatic rings. The van der Waals surface area contributed by atoms with Gasteiger partial charge in [-0.15, -0.1) is 0 Å². The summed E-state index contributed by atoms with van der Waals surface area (Å²) in [5, 5.41) is 7.02. The molecule has 0 saturated heterocycles. The molecule has 3 aromatic carbocycles. The number of anilines is 1. The van der Waals surface area contributed by atoms with E-state index in [-0.39, 0.29) is 11.2 Å². The Kier molecular flexibility index (Phi) is 9.10. The van der Waals surface area contributed by atoms with E-state index < -0.39 is 0 Å². The van der Waals surface area contributed by atoms with Crippen molar-refractivity contribution in [2.45, 2.75) is 38.4 Å². The number of rotatable bonds is 9. The van der Waals surface area contributed by atoms with Crippen molar-refractivity contribution in [3.05, 3.63) is 101 Å². The van der Waals surface area contributed by atoms with Gasteiger partial charge in [-0.25, -0.2) is 0 Å². The maximum Gasteiger partial charge on any atom is 0.193 e. The minimum Gasteiger partial charge on any atom is -0.362 e. The first kappa shape index (κ1) is 25.0. The number of carbonyl (C=O) groups excluding carboxylic acids is 1. The lowest BCUT2D eigenvalue weighted by atomic mass is 9.86. The van der Waals surface area contributed by atoms with Crippen molar-refractivity contribution in [2.24, 2.45) is 0 Å². The Balaban J connectivity index is 1.45. The Morgan fingerprint density at radius 1 is 0.909 bits per heavy atom. The summed E-state index contributed by atoms with van der Waals surface area (Å²) < 4.78 is 0. The fraction of sp³-hybridized carbons (Fsp3) is 0.286. The van der Waals surface area contributed by atoms with Gasteiger partial charge in [-0.1, -0.05) is 87.5 Å². The van der Waals surface area contributed by atoms with Crippen molar-refractivity contribution < 1.29 is 4.79 Å². The van der Waals surface area contributed by atoms with Crippen LogP contribution in [0.5, 0.6) is 0 Å². The number of ketones is 1. The van der Waals surface area contributed by atoms with Crippen LogP contribution in [0.15, 0.2) is 78.9 Å². The van der Waals surface area contributed by atoms with Crippen LogP contribution in [0.2, 0.25) is 0 Å². The lowest BCUT2D eigenvalue weighted by Crippen LogP contribution is -2.29. The Morgan fingerprint density at radius 2 is 1.64 bits per heavy atom. The highest BCUT2D eigenvalue weighted by atomic mass is 32.2. The number of nitrogens with one attached hydrogen (secondary N) is 2. The van der Waals surface area contributed by atoms with Crippen molar-refractivity contribution in [3.8, 4) is 0 Å². The second-order valence-corrected chi connectivity index (χ2v) is 10.5. The molecular formula is C28H32N2OS2. The average molecular weight is 477 g/mol. The van der Waals surface area contributed by atoms with E-state index >= 15 is 0 Å². The van der Waals surface area contributed by atoms with Crippen LogP contribution in [0.3, 0.4) is 0 Å². The Morgan fingerprint density at radius 3 is 2.33 bits per heavy atom. The van der Waals surface area contributed by atoms with E-state index in [1.54, 1.807) is 0 Å². The maximum atomic E-state index is 12.9. The molecular weight excluding hydrogens is 444 g/mol. The summed E-state index contributed by atoms with van der Waals surface area (Å²) >= 11 is 7.35. The number of thiocarbonyl (C=S) groups is 1. The van der Waals surface area contributed by atoms with Crippen molar-refractivity contribution in [1.82, 2.24) is 5.32 Å². The molecule has 5 heteroatoms. The molecule has 0 aliphatic carbocycles. The Hall–Kier alpha value is -2.63. The normalized spacial score (nSPS) is 11.1. The van der Waals surface area contributed by atoms with E-state index in [1.165, 1.54) is 11.1 Å². The quantitative estimate of drug-likeness (QED) is 0.201. The van der Waals surface area contributed by atoms with Crippen LogP contribution >= 0.6 is 24.0 Å². The number of carbonyl (C=O) groups is 1. The average Bonchev–Trinajstić information content (AvgIpc) is 2.81. The molecule has 2 N–H and O–H groups in total. The van der Waals surface area contributed by atoms with E-state index in [0.717, 1.165) is 30.2 Å². The third-order valence-electron chi connectivity index (χ3n) is 5.26. The molecule has 0 aliphatic heterocycles. The predicted octanol–water partition coefficient (Wildman–Crippen LogP) is 6.83. The Labute approximate surface area is 207 Å². The molecule has 3 rings (SSSR count). The van der Waals surface area contributed by atoms with E-state index in [4.69, 9.17) is 12.2 Å². The van der Waals surface area contributed by atoms with E-state index in [9.17, 15) is 4.79 Å². The van der Waals surface area contributed by atoms with Gasteiger partial charge in [-0.05, 0) is 53.1 Å². The van der Waals surface area contributed by atoms with Gasteiger partial charge in [-0.2, -0.15) is 11.8 Å². The molecule has 0 saturated carbocycles. The van der Waals surface area contributed by atoms with Gasteiger partial charge in [0.15, 0.2) is 10.9 Å². The highest BCUT2D eigenvalue weighted by Crippen LogP contribution is 2.23. The van der Waals surface area contributed by atoms with E-state index in [0.29, 0.717) is 16.2 Å². The fourth-order valence-corrected chi connectivity index (χ4v) is 4.48. The van der Waals surface area contributed by atoms with Gasteiger partial charge < -0.3 is 10.6 Å². The fourth-order valence-electron chi connectivity index (χ4n) is 3.34. The summed E-state index contributed by atoms with van der Waals surface area (Å²) in [6.07, 6.45) is 1.03. The predicted molar refractivity (Wildman–Crippen MR) is 146 cm³/mol. The molecule has 172 valence electrons. The van der Waals surface area contributed by atoms with Gasteiger partial charge in [0.1, 0.15) is 0 Å². The molecule has 0 amide bonds. The molecule has 3 nitrogen and oxygen atoms in total. The first-order chi connectivity index (χ1) is 15.8. The summed E-state index contributed by atoms with van der Waals surface area (Å²) in [5.41, 5.74) is 4.77. The van der Waals surface area contributed by atoms with Crippen LogP contribution in [0.1, 0.15) is 54.2 Å². The summed E-state index contributed by atoms with van der Waals surface area (Å²) in [7, 11) is 0. The first-order valence-electron chi connectivity index (χ1n) is 11.2. The molecule has 0 unspecified atom stereocenters. The molecule has 0 fully saturated rings. The number of benzene rings is 3. The molecule has 0 spiro atoms. The monoisotopic (exact) mass is 476 g/mol. The SMILES string of the molecule is CC(C)(C)c1ccc(C(=O)c2cccc(NC(=S)NCCCSCc3ccccc3)c2)cc1. The minimum absolute atomic E-state index is 0.00780. The molecule has 0 bridgehead atoms. The van der Waals surface area contributed by atoms with E-state index in [1.807, 2.05) is 66.4 Å². The summed E-state index contributed by atoms with van der Waals surface area (Å²) in [6, 6.07) is 25.9. The van der Waals surface area contributed by atoms with Crippen LogP contribution in [0, 0.1) is 0 Å². The Bertz CT molecular complexity index is 1060. The van der Waals surface area contributed by atoms with Gasteiger partial charge in [0.2, 0.25) is 0 Å². The third kappa shape index (κ3) is 8.02. The molecule has 0 heterocycles. The van der Waals surface area contributed by atoms with Gasteiger partial charge >= 0.3 is 0 Å². The lowest BCUT2D eigenvalue weighted by molar-refractivity contribution is 0.103. The third-order valence-corrected chi connectivity index (χ3v) is 6.62. The highest BCUT2D eigenvalue weighted by molar-refractivity contribution is 7.98. The smallest absolute Gasteiger partial charge is 0.193 e. The van der Waals surface area contributed by atoms with Crippen LogP contribution in [0.25, 0.3) is 0 Å². The molecule has 0 radical (unpaired) electrons. The number of hydrogen-bond acceptors (Lipinski definition) is 3. The van der Waals surface area contributed by atoms with Crippen molar-refractivity contribution in [3.63, 3.8) is 0 Å². The summed E-state index contributed by atoms with van der Waals surface area (Å²) in [4.78, 5) is 12.9. The molecule has 0 atom stereocenters.